The van der Waals surface area contributed by atoms with Gasteiger partial charge in [0.05, 0.1) is 19.8 Å². The van der Waals surface area contributed by atoms with Crippen LogP contribution in [-0.4, -0.2) is 121 Å². The molecule has 44 heavy (non-hydrogen) atoms. The standard InChI is InChI=1S/C28H32O16/c1-9-18(32)21(35)23(37)27(41-9)40-8-16-19(33)22(36)24(38)28(43-16)44-26-20(34)17-13(31)6-11(29)7-15(17)42-25(26)10-3-4-12(30)14(5-10)39-2/h3-7,9,16,18-19,21-24,27-33,35-38H,8H2,1-2H3/t9-,16+,18-,19+,21+,22-,23+,24+,27+,28-/m0/s1. The lowest BCUT2D eigenvalue weighted by Gasteiger charge is -2.42. The molecule has 16 nitrogen and oxygen atoms in total. The van der Waals surface area contributed by atoms with Crippen molar-refractivity contribution < 1.29 is 74.1 Å². The normalized spacial score (nSPS) is 32.5. The Kier molecular flexibility index (Phi) is 8.90. The lowest BCUT2D eigenvalue weighted by atomic mass is 9.98. The molecule has 0 unspecified atom stereocenters. The number of hydrogen-bond acceptors (Lipinski definition) is 16. The van der Waals surface area contributed by atoms with E-state index >= 15 is 0 Å². The maximum Gasteiger partial charge on any atom is 0.239 e. The molecule has 0 amide bonds. The van der Waals surface area contributed by atoms with Gasteiger partial charge in [0.1, 0.15) is 65.2 Å². The van der Waals surface area contributed by atoms with Crippen LogP contribution in [0, 0.1) is 0 Å². The van der Waals surface area contributed by atoms with Crippen molar-refractivity contribution in [3.63, 3.8) is 0 Å². The van der Waals surface area contributed by atoms with Crippen LogP contribution < -0.4 is 14.9 Å². The largest absolute Gasteiger partial charge is 0.508 e. The van der Waals surface area contributed by atoms with Crippen LogP contribution in [0.3, 0.4) is 0 Å². The van der Waals surface area contributed by atoms with E-state index in [0.717, 1.165) is 12.1 Å². The Labute approximate surface area is 248 Å². The summed E-state index contributed by atoms with van der Waals surface area (Å²) in [6.45, 7) is 0.845. The number of rotatable bonds is 7. The average molecular weight is 625 g/mol. The molecule has 10 atom stereocenters. The molecule has 0 saturated carbocycles. The Balaban J connectivity index is 1.49. The molecule has 2 aliphatic heterocycles. The quantitative estimate of drug-likeness (QED) is 0.147. The number of hydrogen-bond donors (Lipinski definition) is 9. The van der Waals surface area contributed by atoms with Crippen molar-refractivity contribution in [2.24, 2.45) is 0 Å². The minimum atomic E-state index is -1.94. The second kappa shape index (κ2) is 12.4. The highest BCUT2D eigenvalue weighted by atomic mass is 16.7. The Morgan fingerprint density at radius 3 is 2.18 bits per heavy atom. The average Bonchev–Trinajstić information content (AvgIpc) is 2.98. The van der Waals surface area contributed by atoms with Gasteiger partial charge in [-0.05, 0) is 25.1 Å². The Morgan fingerprint density at radius 1 is 0.795 bits per heavy atom. The van der Waals surface area contributed by atoms with Crippen LogP contribution in [0.2, 0.25) is 0 Å². The highest BCUT2D eigenvalue weighted by Gasteiger charge is 2.47. The van der Waals surface area contributed by atoms with Gasteiger partial charge in [0.25, 0.3) is 0 Å². The maximum absolute atomic E-state index is 13.7. The summed E-state index contributed by atoms with van der Waals surface area (Å²) in [5, 5.41) is 92.1. The van der Waals surface area contributed by atoms with Crippen molar-refractivity contribution in [2.45, 2.75) is 68.3 Å². The van der Waals surface area contributed by atoms with Crippen molar-refractivity contribution in [1.29, 1.82) is 0 Å². The predicted octanol–water partition coefficient (Wildman–Crippen LogP) is -1.38. The van der Waals surface area contributed by atoms with E-state index in [1.165, 1.54) is 32.2 Å². The molecule has 3 heterocycles. The van der Waals surface area contributed by atoms with Gasteiger partial charge in [-0.15, -0.1) is 0 Å². The Morgan fingerprint density at radius 2 is 1.48 bits per heavy atom. The topological polar surface area (TPSA) is 258 Å². The van der Waals surface area contributed by atoms with Crippen molar-refractivity contribution in [2.75, 3.05) is 13.7 Å². The van der Waals surface area contributed by atoms with Gasteiger partial charge < -0.3 is 74.1 Å². The summed E-state index contributed by atoms with van der Waals surface area (Å²) in [7, 11) is 1.28. The van der Waals surface area contributed by atoms with Gasteiger partial charge >= 0.3 is 0 Å². The molecular weight excluding hydrogens is 592 g/mol. The van der Waals surface area contributed by atoms with Crippen LogP contribution in [0.5, 0.6) is 28.7 Å². The number of phenolic OH excluding ortho intramolecular Hbond substituents is 3. The first-order valence-electron chi connectivity index (χ1n) is 13.4. The first-order valence-corrected chi connectivity index (χ1v) is 13.4. The van der Waals surface area contributed by atoms with Crippen LogP contribution in [-0.2, 0) is 14.2 Å². The van der Waals surface area contributed by atoms with Crippen LogP contribution in [0.1, 0.15) is 6.92 Å². The molecule has 2 aromatic carbocycles. The molecule has 9 N–H and O–H groups in total. The van der Waals surface area contributed by atoms with E-state index in [1.807, 2.05) is 0 Å². The number of methoxy groups -OCH3 is 1. The number of phenols is 3. The molecule has 0 aliphatic carbocycles. The second-order valence-corrected chi connectivity index (χ2v) is 10.5. The zero-order valence-corrected chi connectivity index (χ0v) is 23.3. The summed E-state index contributed by atoms with van der Waals surface area (Å²) in [5.74, 6) is -2.28. The summed E-state index contributed by atoms with van der Waals surface area (Å²) in [5.41, 5.74) is -1.11. The monoisotopic (exact) mass is 624 g/mol. The van der Waals surface area contributed by atoms with E-state index in [4.69, 9.17) is 28.1 Å². The third kappa shape index (κ3) is 5.74. The second-order valence-electron chi connectivity index (χ2n) is 10.5. The minimum Gasteiger partial charge on any atom is -0.508 e. The van der Waals surface area contributed by atoms with Crippen molar-refractivity contribution in [3.05, 3.63) is 40.6 Å². The third-order valence-electron chi connectivity index (χ3n) is 7.50. The molecule has 3 aromatic rings. The van der Waals surface area contributed by atoms with E-state index in [2.05, 4.69) is 0 Å². The summed E-state index contributed by atoms with van der Waals surface area (Å²) in [4.78, 5) is 13.7. The summed E-state index contributed by atoms with van der Waals surface area (Å²) in [6, 6.07) is 5.83. The van der Waals surface area contributed by atoms with Gasteiger partial charge in [-0.3, -0.25) is 4.79 Å². The summed E-state index contributed by atoms with van der Waals surface area (Å²) >= 11 is 0. The zero-order valence-electron chi connectivity index (χ0n) is 23.3. The lowest BCUT2D eigenvalue weighted by Crippen LogP contribution is -2.61. The minimum absolute atomic E-state index is 0.0151. The molecule has 5 rings (SSSR count). The molecule has 0 radical (unpaired) electrons. The maximum atomic E-state index is 13.7. The Hall–Kier alpha value is -3.71. The fraction of sp³-hybridized carbons (Fsp3) is 0.464. The number of benzene rings is 2. The highest BCUT2D eigenvalue weighted by Crippen LogP contribution is 2.39. The van der Waals surface area contributed by atoms with Gasteiger partial charge in [0.15, 0.2) is 23.5 Å². The first-order chi connectivity index (χ1) is 20.8. The van der Waals surface area contributed by atoms with Gasteiger partial charge in [-0.1, -0.05) is 0 Å². The molecule has 16 heteroatoms. The van der Waals surface area contributed by atoms with Crippen LogP contribution >= 0.6 is 0 Å². The van der Waals surface area contributed by atoms with Gasteiger partial charge in [-0.2, -0.15) is 0 Å². The van der Waals surface area contributed by atoms with Crippen molar-refractivity contribution in [3.8, 4) is 40.1 Å². The molecule has 0 bridgehead atoms. The SMILES string of the molecule is COc1cc(-c2oc3cc(O)cc(O)c3c(=O)c2O[C@@H]2O[C@H](CO[C@@H]3O[C@@H](C)[C@H](O)[C@@H](O)[C@H]3O)[C@@H](O)[C@H](O)[C@H]2O)ccc1O. The smallest absolute Gasteiger partial charge is 0.239 e. The van der Waals surface area contributed by atoms with Gasteiger partial charge in [-0.25, -0.2) is 0 Å². The van der Waals surface area contributed by atoms with Crippen molar-refractivity contribution >= 4 is 11.0 Å². The number of aliphatic hydroxyl groups excluding tert-OH is 6. The first kappa shape index (κ1) is 31.7. The van der Waals surface area contributed by atoms with Gasteiger partial charge in [0.2, 0.25) is 17.5 Å². The van der Waals surface area contributed by atoms with Crippen LogP contribution in [0.15, 0.2) is 39.5 Å². The number of fused-ring (bicyclic) bond motifs is 1. The number of ether oxygens (including phenoxy) is 5. The van der Waals surface area contributed by atoms with Gasteiger partial charge in [0, 0.05) is 17.7 Å². The van der Waals surface area contributed by atoms with E-state index in [-0.39, 0.29) is 28.4 Å². The summed E-state index contributed by atoms with van der Waals surface area (Å²) < 4.78 is 33.2. The van der Waals surface area contributed by atoms with Crippen LogP contribution in [0.4, 0.5) is 0 Å². The van der Waals surface area contributed by atoms with E-state index in [0.29, 0.717) is 0 Å². The Bertz CT molecular complexity index is 1560. The fourth-order valence-electron chi connectivity index (χ4n) is 4.99. The fourth-order valence-corrected chi connectivity index (χ4v) is 4.99. The third-order valence-corrected chi connectivity index (χ3v) is 7.50. The molecule has 0 spiro atoms. The van der Waals surface area contributed by atoms with Crippen molar-refractivity contribution in [1.82, 2.24) is 0 Å². The number of aromatic hydroxyl groups is 3. The lowest BCUT2D eigenvalue weighted by molar-refractivity contribution is -0.318. The highest BCUT2D eigenvalue weighted by molar-refractivity contribution is 5.88. The van der Waals surface area contributed by atoms with Crippen LogP contribution in [0.25, 0.3) is 22.3 Å². The molecule has 2 saturated heterocycles. The van der Waals surface area contributed by atoms with E-state index in [1.54, 1.807) is 0 Å². The van der Waals surface area contributed by atoms with E-state index in [9.17, 15) is 50.8 Å². The molecule has 1 aromatic heterocycles. The molecule has 240 valence electrons. The molecule has 2 aliphatic rings. The summed E-state index contributed by atoms with van der Waals surface area (Å²) in [6.07, 6.45) is -16.0. The molecule has 2 fully saturated rings. The molecular formula is C28H32O16. The predicted molar refractivity (Wildman–Crippen MR) is 145 cm³/mol. The van der Waals surface area contributed by atoms with E-state index < -0.39 is 96.1 Å². The zero-order chi connectivity index (χ0) is 32.0. The number of aliphatic hydroxyl groups is 6.